The van der Waals surface area contributed by atoms with E-state index < -0.39 is 0 Å². The van der Waals surface area contributed by atoms with Crippen LogP contribution in [0.1, 0.15) is 56.3 Å². The fraction of sp³-hybridized carbons (Fsp3) is 0.471. The topological polar surface area (TPSA) is 79.5 Å². The smallest absolute Gasteiger partial charge is 0.261 e. The summed E-state index contributed by atoms with van der Waals surface area (Å²) in [5, 5.41) is 2.55. The van der Waals surface area contributed by atoms with Gasteiger partial charge in [-0.15, -0.1) is 0 Å². The predicted octanol–water partition coefficient (Wildman–Crippen LogP) is 2.69. The Morgan fingerprint density at radius 2 is 1.83 bits per heavy atom. The van der Waals surface area contributed by atoms with E-state index in [-0.39, 0.29) is 16.9 Å². The second kappa shape index (κ2) is 11.4. The minimum atomic E-state index is -0.386. The highest BCUT2D eigenvalue weighted by molar-refractivity contribution is 7.80. The van der Waals surface area contributed by atoms with Crippen LogP contribution in [-0.4, -0.2) is 23.5 Å². The first-order chi connectivity index (χ1) is 11.6. The van der Waals surface area contributed by atoms with Crippen LogP contribution in [0.5, 0.6) is 5.75 Å². The number of unbranched alkanes of at least 4 members (excludes halogenated alkanes) is 2. The molecule has 0 bridgehead atoms. The summed E-state index contributed by atoms with van der Waals surface area (Å²) < 4.78 is 5.68. The van der Waals surface area contributed by atoms with E-state index in [1.54, 1.807) is 18.2 Å². The van der Waals surface area contributed by atoms with Crippen molar-refractivity contribution in [1.82, 2.24) is 16.2 Å². The molecule has 132 valence electrons. The Kier molecular flexibility index (Phi) is 9.45. The normalized spacial score (nSPS) is 9.92. The standard InChI is InChI=1S/C17H25N3O3S/c1-3-5-8-12-23-14-11-7-6-10-13(14)16(22)18-17(24)20-19-15(21)9-4-2/h6-7,10-11H,3-5,8-9,12H2,1-2H3,(H,19,21)(H2,18,20,22,24). The fourth-order valence-corrected chi connectivity index (χ4v) is 2.08. The summed E-state index contributed by atoms with van der Waals surface area (Å²) in [4.78, 5) is 23.7. The van der Waals surface area contributed by atoms with E-state index in [0.29, 0.717) is 24.3 Å². The molecule has 0 saturated heterocycles. The Morgan fingerprint density at radius 1 is 1.08 bits per heavy atom. The van der Waals surface area contributed by atoms with Crippen LogP contribution in [0.25, 0.3) is 0 Å². The molecule has 0 atom stereocenters. The number of nitrogens with one attached hydrogen (secondary N) is 3. The SMILES string of the molecule is CCCCCOc1ccccc1C(=O)NC(=S)NNC(=O)CCC. The number of carbonyl (C=O) groups excluding carboxylic acids is 2. The van der Waals surface area contributed by atoms with Crippen molar-refractivity contribution in [2.75, 3.05) is 6.61 Å². The number of para-hydroxylation sites is 1. The van der Waals surface area contributed by atoms with Crippen LogP contribution < -0.4 is 20.9 Å². The Balaban J connectivity index is 2.54. The minimum absolute atomic E-state index is 0.0326. The lowest BCUT2D eigenvalue weighted by Crippen LogP contribution is -2.48. The zero-order valence-electron chi connectivity index (χ0n) is 14.2. The van der Waals surface area contributed by atoms with Crippen molar-refractivity contribution in [3.63, 3.8) is 0 Å². The fourth-order valence-electron chi connectivity index (χ4n) is 1.93. The number of benzene rings is 1. The molecule has 1 rings (SSSR count). The van der Waals surface area contributed by atoms with Crippen LogP contribution in [0.15, 0.2) is 24.3 Å². The first-order valence-electron chi connectivity index (χ1n) is 8.20. The summed E-state index contributed by atoms with van der Waals surface area (Å²) in [7, 11) is 0. The maximum absolute atomic E-state index is 12.3. The Hall–Kier alpha value is -2.15. The molecule has 24 heavy (non-hydrogen) atoms. The monoisotopic (exact) mass is 351 g/mol. The second-order valence-electron chi connectivity index (χ2n) is 5.26. The zero-order chi connectivity index (χ0) is 17.8. The van der Waals surface area contributed by atoms with Gasteiger partial charge in [0.15, 0.2) is 5.11 Å². The van der Waals surface area contributed by atoms with Gasteiger partial charge in [-0.1, -0.05) is 38.8 Å². The number of hydrazine groups is 1. The average Bonchev–Trinajstić information content (AvgIpc) is 2.57. The molecular formula is C17H25N3O3S. The molecule has 1 aromatic carbocycles. The zero-order valence-corrected chi connectivity index (χ0v) is 15.0. The molecule has 0 spiro atoms. The van der Waals surface area contributed by atoms with Crippen molar-refractivity contribution in [3.8, 4) is 5.75 Å². The van der Waals surface area contributed by atoms with E-state index in [1.807, 2.05) is 13.0 Å². The van der Waals surface area contributed by atoms with Gasteiger partial charge in [0.1, 0.15) is 5.75 Å². The predicted molar refractivity (Wildman–Crippen MR) is 97.7 cm³/mol. The van der Waals surface area contributed by atoms with Gasteiger partial charge in [0.05, 0.1) is 12.2 Å². The van der Waals surface area contributed by atoms with Gasteiger partial charge >= 0.3 is 0 Å². The summed E-state index contributed by atoms with van der Waals surface area (Å²) in [5.41, 5.74) is 5.33. The first kappa shape index (κ1) is 19.9. The van der Waals surface area contributed by atoms with Crippen LogP contribution in [0, 0.1) is 0 Å². The number of carbonyl (C=O) groups is 2. The van der Waals surface area contributed by atoms with Crippen LogP contribution in [-0.2, 0) is 4.79 Å². The maximum atomic E-state index is 12.3. The third-order valence-electron chi connectivity index (χ3n) is 3.16. The summed E-state index contributed by atoms with van der Waals surface area (Å²) in [6.45, 7) is 4.58. The van der Waals surface area contributed by atoms with E-state index >= 15 is 0 Å². The summed E-state index contributed by atoms with van der Waals surface area (Å²) in [6.07, 6.45) is 4.25. The molecule has 0 fully saturated rings. The number of ether oxygens (including phenoxy) is 1. The molecule has 0 aliphatic rings. The lowest BCUT2D eigenvalue weighted by atomic mass is 10.2. The van der Waals surface area contributed by atoms with Gasteiger partial charge in [0.2, 0.25) is 5.91 Å². The Bertz CT molecular complexity index is 564. The van der Waals surface area contributed by atoms with Gasteiger partial charge in [-0.25, -0.2) is 0 Å². The molecule has 0 aliphatic heterocycles. The maximum Gasteiger partial charge on any atom is 0.261 e. The van der Waals surface area contributed by atoms with E-state index in [2.05, 4.69) is 23.1 Å². The first-order valence-corrected chi connectivity index (χ1v) is 8.61. The second-order valence-corrected chi connectivity index (χ2v) is 5.67. The number of hydrogen-bond acceptors (Lipinski definition) is 4. The van der Waals surface area contributed by atoms with Crippen molar-refractivity contribution >= 4 is 29.1 Å². The van der Waals surface area contributed by atoms with Gasteiger partial charge in [0, 0.05) is 6.42 Å². The number of amides is 2. The summed E-state index contributed by atoms with van der Waals surface area (Å²) in [5.74, 6) is -0.0546. The molecule has 2 amide bonds. The molecule has 0 aliphatic carbocycles. The molecule has 0 radical (unpaired) electrons. The Labute approximate surface area is 148 Å². The third-order valence-corrected chi connectivity index (χ3v) is 3.36. The molecule has 1 aromatic rings. The van der Waals surface area contributed by atoms with Gasteiger partial charge in [-0.2, -0.15) is 0 Å². The highest BCUT2D eigenvalue weighted by atomic mass is 32.1. The average molecular weight is 351 g/mol. The summed E-state index contributed by atoms with van der Waals surface area (Å²) in [6, 6.07) is 6.99. The third kappa shape index (κ3) is 7.41. The Morgan fingerprint density at radius 3 is 2.54 bits per heavy atom. The van der Waals surface area contributed by atoms with E-state index in [4.69, 9.17) is 17.0 Å². The molecule has 0 saturated carbocycles. The van der Waals surface area contributed by atoms with Crippen molar-refractivity contribution in [1.29, 1.82) is 0 Å². The lowest BCUT2D eigenvalue weighted by molar-refractivity contribution is -0.121. The van der Waals surface area contributed by atoms with Gasteiger partial charge < -0.3 is 4.74 Å². The highest BCUT2D eigenvalue weighted by Gasteiger charge is 2.13. The van der Waals surface area contributed by atoms with Crippen LogP contribution in [0.2, 0.25) is 0 Å². The largest absolute Gasteiger partial charge is 0.493 e. The van der Waals surface area contributed by atoms with Crippen LogP contribution in [0.4, 0.5) is 0 Å². The van der Waals surface area contributed by atoms with Crippen molar-refractivity contribution in [3.05, 3.63) is 29.8 Å². The van der Waals surface area contributed by atoms with Crippen molar-refractivity contribution in [2.45, 2.75) is 46.0 Å². The van der Waals surface area contributed by atoms with E-state index in [1.165, 1.54) is 0 Å². The molecule has 0 aromatic heterocycles. The van der Waals surface area contributed by atoms with Gasteiger partial charge in [-0.05, 0) is 37.2 Å². The summed E-state index contributed by atoms with van der Waals surface area (Å²) >= 11 is 5.00. The van der Waals surface area contributed by atoms with Gasteiger partial charge in [0.25, 0.3) is 5.91 Å². The van der Waals surface area contributed by atoms with Crippen LogP contribution >= 0.6 is 12.2 Å². The van der Waals surface area contributed by atoms with Crippen molar-refractivity contribution < 1.29 is 14.3 Å². The quantitative estimate of drug-likeness (QED) is 0.381. The molecule has 7 heteroatoms. The lowest BCUT2D eigenvalue weighted by Gasteiger charge is -2.13. The molecular weight excluding hydrogens is 326 g/mol. The number of hydrogen-bond donors (Lipinski definition) is 3. The van der Waals surface area contributed by atoms with E-state index in [0.717, 1.165) is 25.7 Å². The molecule has 3 N–H and O–H groups in total. The van der Waals surface area contributed by atoms with Gasteiger partial charge in [-0.3, -0.25) is 25.8 Å². The number of thiocarbonyl (C=S) groups is 1. The van der Waals surface area contributed by atoms with E-state index in [9.17, 15) is 9.59 Å². The van der Waals surface area contributed by atoms with Crippen molar-refractivity contribution in [2.24, 2.45) is 0 Å². The van der Waals surface area contributed by atoms with Crippen LogP contribution in [0.3, 0.4) is 0 Å². The highest BCUT2D eigenvalue weighted by Crippen LogP contribution is 2.18. The molecule has 0 heterocycles. The molecule has 0 unspecified atom stereocenters. The minimum Gasteiger partial charge on any atom is -0.493 e. The molecule has 6 nitrogen and oxygen atoms in total. The number of rotatable bonds is 8.